The minimum absolute atomic E-state index is 0.0148. The highest BCUT2D eigenvalue weighted by Crippen LogP contribution is 2.37. The summed E-state index contributed by atoms with van der Waals surface area (Å²) in [6, 6.07) is 17.0. The summed E-state index contributed by atoms with van der Waals surface area (Å²) < 4.78 is 60.8. The van der Waals surface area contributed by atoms with Crippen molar-refractivity contribution < 1.29 is 27.4 Å². The van der Waals surface area contributed by atoms with Crippen LogP contribution >= 0.6 is 11.6 Å². The SMILES string of the molecule is Cc1cc(OCCCN(Cc2cccc(C(F)(F)F)c2Cl)CC(C2=CCCC=C2)c2ccccc2)cc(F)c1CO. The smallest absolute Gasteiger partial charge is 0.417 e. The van der Waals surface area contributed by atoms with Crippen molar-refractivity contribution in [3.63, 3.8) is 0 Å². The number of rotatable bonds is 12. The number of allylic oxidation sites excluding steroid dienone is 3. The molecule has 0 heterocycles. The molecular weight excluding hydrogens is 554 g/mol. The van der Waals surface area contributed by atoms with Crippen molar-refractivity contribution >= 4 is 11.6 Å². The fourth-order valence-electron chi connectivity index (χ4n) is 5.14. The van der Waals surface area contributed by atoms with Gasteiger partial charge in [-0.1, -0.05) is 72.3 Å². The fourth-order valence-corrected chi connectivity index (χ4v) is 5.43. The van der Waals surface area contributed by atoms with E-state index in [0.29, 0.717) is 36.4 Å². The molecule has 1 aliphatic rings. The van der Waals surface area contributed by atoms with Gasteiger partial charge in [0.15, 0.2) is 0 Å². The topological polar surface area (TPSA) is 32.7 Å². The number of alkyl halides is 3. The second-order valence-corrected chi connectivity index (χ2v) is 10.6. The Morgan fingerprint density at radius 3 is 2.49 bits per heavy atom. The van der Waals surface area contributed by atoms with Crippen LogP contribution in [0.3, 0.4) is 0 Å². The molecular formula is C33H34ClF4NO2. The largest absolute Gasteiger partial charge is 0.493 e. The van der Waals surface area contributed by atoms with Gasteiger partial charge in [0.05, 0.1) is 23.8 Å². The number of halogens is 5. The number of aliphatic hydroxyl groups excluding tert-OH is 1. The zero-order valence-corrected chi connectivity index (χ0v) is 23.7. The van der Waals surface area contributed by atoms with Crippen LogP contribution in [0.1, 0.15) is 53.0 Å². The molecule has 3 aromatic rings. The van der Waals surface area contributed by atoms with Gasteiger partial charge >= 0.3 is 6.18 Å². The third-order valence-corrected chi connectivity index (χ3v) is 7.73. The van der Waals surface area contributed by atoms with Crippen molar-refractivity contribution in [3.8, 4) is 5.75 Å². The van der Waals surface area contributed by atoms with Crippen LogP contribution in [0.2, 0.25) is 5.02 Å². The van der Waals surface area contributed by atoms with Gasteiger partial charge in [0.25, 0.3) is 0 Å². The molecule has 1 aliphatic carbocycles. The third kappa shape index (κ3) is 8.22. The van der Waals surface area contributed by atoms with Crippen molar-refractivity contribution in [2.24, 2.45) is 0 Å². The molecule has 1 atom stereocenters. The van der Waals surface area contributed by atoms with Crippen LogP contribution in [0.25, 0.3) is 0 Å². The average molecular weight is 588 g/mol. The van der Waals surface area contributed by atoms with E-state index in [-0.39, 0.29) is 36.3 Å². The second-order valence-electron chi connectivity index (χ2n) is 10.2. The van der Waals surface area contributed by atoms with Gasteiger partial charge in [-0.05, 0) is 60.6 Å². The maximum Gasteiger partial charge on any atom is 0.417 e. The lowest BCUT2D eigenvalue weighted by Gasteiger charge is -2.30. The lowest BCUT2D eigenvalue weighted by atomic mass is 9.87. The Hall–Kier alpha value is -3.13. The van der Waals surface area contributed by atoms with Gasteiger partial charge < -0.3 is 9.84 Å². The molecule has 4 rings (SSSR count). The van der Waals surface area contributed by atoms with Crippen molar-refractivity contribution in [1.82, 2.24) is 4.90 Å². The number of hydrogen-bond donors (Lipinski definition) is 1. The van der Waals surface area contributed by atoms with E-state index in [4.69, 9.17) is 16.3 Å². The van der Waals surface area contributed by atoms with Crippen LogP contribution in [0, 0.1) is 12.7 Å². The van der Waals surface area contributed by atoms with Gasteiger partial charge in [-0.15, -0.1) is 0 Å². The van der Waals surface area contributed by atoms with Gasteiger partial charge in [-0.25, -0.2) is 4.39 Å². The highest BCUT2D eigenvalue weighted by molar-refractivity contribution is 6.32. The molecule has 0 bridgehead atoms. The monoisotopic (exact) mass is 587 g/mol. The lowest BCUT2D eigenvalue weighted by Crippen LogP contribution is -2.31. The number of benzene rings is 3. The standard InChI is InChI=1S/C33H34ClF4NO2/c1-23-18-27(19-31(35)29(23)22-40)41-17-9-16-39(20-26-14-8-15-30(32(26)34)33(36,37)38)21-28(24-10-4-2-5-11-24)25-12-6-3-7-13-25/h2,4-6,8,10-15,18-19,28,40H,3,7,9,16-17,20-22H2,1H3. The van der Waals surface area contributed by atoms with E-state index in [1.165, 1.54) is 17.7 Å². The van der Waals surface area contributed by atoms with Gasteiger partial charge in [0, 0.05) is 37.2 Å². The maximum absolute atomic E-state index is 14.3. The Morgan fingerprint density at radius 2 is 1.83 bits per heavy atom. The number of aryl methyl sites for hydroxylation is 1. The summed E-state index contributed by atoms with van der Waals surface area (Å²) in [6.45, 7) is 2.90. The fraction of sp³-hybridized carbons (Fsp3) is 0.333. The minimum Gasteiger partial charge on any atom is -0.493 e. The van der Waals surface area contributed by atoms with Gasteiger partial charge in [0.1, 0.15) is 11.6 Å². The van der Waals surface area contributed by atoms with E-state index < -0.39 is 17.6 Å². The molecule has 218 valence electrons. The summed E-state index contributed by atoms with van der Waals surface area (Å²) in [6.07, 6.45) is 4.43. The molecule has 8 heteroatoms. The average Bonchev–Trinajstić information content (AvgIpc) is 2.95. The summed E-state index contributed by atoms with van der Waals surface area (Å²) >= 11 is 6.29. The summed E-state index contributed by atoms with van der Waals surface area (Å²) in [5.74, 6) is -0.145. The van der Waals surface area contributed by atoms with Gasteiger partial charge in [-0.2, -0.15) is 13.2 Å². The molecule has 0 spiro atoms. The first-order valence-corrected chi connectivity index (χ1v) is 14.1. The van der Waals surface area contributed by atoms with Crippen LogP contribution in [0.4, 0.5) is 17.6 Å². The summed E-state index contributed by atoms with van der Waals surface area (Å²) in [5.41, 5.74) is 2.69. The summed E-state index contributed by atoms with van der Waals surface area (Å²) in [7, 11) is 0. The predicted molar refractivity (Wildman–Crippen MR) is 155 cm³/mol. The van der Waals surface area contributed by atoms with E-state index in [9.17, 15) is 22.7 Å². The molecule has 0 aromatic heterocycles. The maximum atomic E-state index is 14.3. The van der Waals surface area contributed by atoms with Crippen LogP contribution in [0.15, 0.2) is 84.5 Å². The summed E-state index contributed by atoms with van der Waals surface area (Å²) in [4.78, 5) is 2.10. The molecule has 3 nitrogen and oxygen atoms in total. The first-order valence-electron chi connectivity index (χ1n) is 13.7. The number of hydrogen-bond acceptors (Lipinski definition) is 3. The molecule has 0 saturated carbocycles. The normalized spacial score (nSPS) is 14.3. The van der Waals surface area contributed by atoms with Crippen LogP contribution in [-0.2, 0) is 19.3 Å². The van der Waals surface area contributed by atoms with E-state index in [2.05, 4.69) is 35.3 Å². The third-order valence-electron chi connectivity index (χ3n) is 7.28. The zero-order chi connectivity index (χ0) is 29.4. The van der Waals surface area contributed by atoms with Gasteiger partial charge in [0.2, 0.25) is 0 Å². The Bertz CT molecular complexity index is 1350. The first kappa shape index (κ1) is 30.8. The molecule has 0 fully saturated rings. The van der Waals surface area contributed by atoms with E-state index in [0.717, 1.165) is 24.5 Å². The molecule has 0 radical (unpaired) electrons. The number of ether oxygens (including phenoxy) is 1. The minimum atomic E-state index is -4.55. The number of nitrogens with zero attached hydrogens (tertiary/aromatic N) is 1. The van der Waals surface area contributed by atoms with E-state index >= 15 is 0 Å². The highest BCUT2D eigenvalue weighted by Gasteiger charge is 2.34. The Labute approximate surface area is 243 Å². The van der Waals surface area contributed by atoms with Crippen molar-refractivity contribution in [3.05, 3.63) is 123 Å². The highest BCUT2D eigenvalue weighted by atomic mass is 35.5. The van der Waals surface area contributed by atoms with Gasteiger partial charge in [-0.3, -0.25) is 4.90 Å². The molecule has 1 unspecified atom stereocenters. The van der Waals surface area contributed by atoms with Crippen LogP contribution < -0.4 is 4.74 Å². The Kier molecular flexibility index (Phi) is 10.6. The van der Waals surface area contributed by atoms with Crippen molar-refractivity contribution in [2.45, 2.75) is 51.4 Å². The lowest BCUT2D eigenvalue weighted by molar-refractivity contribution is -0.137. The number of aliphatic hydroxyl groups is 1. The Balaban J connectivity index is 1.55. The molecule has 1 N–H and O–H groups in total. The first-order chi connectivity index (χ1) is 19.7. The molecule has 0 aliphatic heterocycles. The van der Waals surface area contributed by atoms with E-state index in [1.54, 1.807) is 19.1 Å². The quantitative estimate of drug-likeness (QED) is 0.170. The van der Waals surface area contributed by atoms with Crippen molar-refractivity contribution in [1.29, 1.82) is 0 Å². The molecule has 41 heavy (non-hydrogen) atoms. The molecule has 3 aromatic carbocycles. The van der Waals surface area contributed by atoms with Crippen LogP contribution in [-0.4, -0.2) is 29.7 Å². The Morgan fingerprint density at radius 1 is 1.05 bits per heavy atom. The molecule has 0 amide bonds. The summed E-state index contributed by atoms with van der Waals surface area (Å²) in [5, 5.41) is 9.06. The predicted octanol–water partition coefficient (Wildman–Crippen LogP) is 8.63. The van der Waals surface area contributed by atoms with Crippen LogP contribution in [0.5, 0.6) is 5.75 Å². The molecule has 0 saturated heterocycles. The second kappa shape index (κ2) is 14.2. The zero-order valence-electron chi connectivity index (χ0n) is 22.9. The van der Waals surface area contributed by atoms with Crippen molar-refractivity contribution in [2.75, 3.05) is 19.7 Å². The van der Waals surface area contributed by atoms with E-state index in [1.807, 2.05) is 18.2 Å².